The summed E-state index contributed by atoms with van der Waals surface area (Å²) in [4.78, 5) is 15.0. The molecule has 0 atom stereocenters. The molecule has 0 saturated carbocycles. The highest BCUT2D eigenvalue weighted by molar-refractivity contribution is 6.32. The first-order chi connectivity index (χ1) is 11.5. The molecule has 0 amide bonds. The Morgan fingerprint density at radius 1 is 1.29 bits per heavy atom. The van der Waals surface area contributed by atoms with Crippen molar-refractivity contribution in [3.8, 4) is 11.5 Å². The lowest BCUT2D eigenvalue weighted by Crippen LogP contribution is -2.10. The second kappa shape index (κ2) is 8.36. The average Bonchev–Trinajstić information content (AvgIpc) is 2.58. The van der Waals surface area contributed by atoms with Crippen LogP contribution >= 0.6 is 11.6 Å². The predicted molar refractivity (Wildman–Crippen MR) is 94.2 cm³/mol. The van der Waals surface area contributed by atoms with Crippen LogP contribution < -0.4 is 9.47 Å². The van der Waals surface area contributed by atoms with Gasteiger partial charge in [-0.25, -0.2) is 4.79 Å². The van der Waals surface area contributed by atoms with Crippen molar-refractivity contribution >= 4 is 29.5 Å². The Morgan fingerprint density at radius 3 is 2.58 bits per heavy atom. The maximum absolute atomic E-state index is 10.6. The molecule has 0 bridgehead atoms. The van der Waals surface area contributed by atoms with E-state index in [1.54, 1.807) is 18.3 Å². The fourth-order valence-corrected chi connectivity index (χ4v) is 2.33. The number of methoxy groups -OCH3 is 1. The van der Waals surface area contributed by atoms with Gasteiger partial charge in [0, 0.05) is 6.21 Å². The lowest BCUT2D eigenvalue weighted by atomic mass is 10.1. The third-order valence-corrected chi connectivity index (χ3v) is 3.58. The number of carbonyl (C=O) groups is 1. The van der Waals surface area contributed by atoms with Crippen molar-refractivity contribution in [3.05, 3.63) is 52.5 Å². The summed E-state index contributed by atoms with van der Waals surface area (Å²) in [6.45, 7) is 1.60. The molecular formula is C18H18ClNO4. The van der Waals surface area contributed by atoms with E-state index in [1.807, 2.05) is 24.3 Å². The van der Waals surface area contributed by atoms with Crippen LogP contribution in [0.1, 0.15) is 18.1 Å². The van der Waals surface area contributed by atoms with E-state index in [0.29, 0.717) is 5.75 Å². The normalized spacial score (nSPS) is 10.8. The van der Waals surface area contributed by atoms with E-state index < -0.39 is 12.6 Å². The largest absolute Gasteiger partial charge is 0.493 e. The van der Waals surface area contributed by atoms with Gasteiger partial charge in [0.15, 0.2) is 18.1 Å². The number of aryl methyl sites for hydroxylation is 1. The molecule has 0 aliphatic rings. The number of benzene rings is 2. The summed E-state index contributed by atoms with van der Waals surface area (Å²) < 4.78 is 10.4. The number of halogens is 1. The molecule has 0 spiro atoms. The molecule has 2 aromatic rings. The fourth-order valence-electron chi connectivity index (χ4n) is 2.06. The SMILES string of the molecule is CCc1ccc(N=Cc2cc(Cl)c(OCC(=O)O)c(OC)c2)cc1. The molecule has 2 aromatic carbocycles. The highest BCUT2D eigenvalue weighted by atomic mass is 35.5. The number of carboxylic acid groups (broad SMARTS) is 1. The smallest absolute Gasteiger partial charge is 0.341 e. The highest BCUT2D eigenvalue weighted by Gasteiger charge is 2.13. The molecule has 0 aliphatic heterocycles. The van der Waals surface area contributed by atoms with E-state index in [1.165, 1.54) is 12.7 Å². The van der Waals surface area contributed by atoms with Gasteiger partial charge in [-0.05, 0) is 41.8 Å². The number of rotatable bonds is 7. The van der Waals surface area contributed by atoms with E-state index in [9.17, 15) is 4.79 Å². The minimum absolute atomic E-state index is 0.200. The van der Waals surface area contributed by atoms with Gasteiger partial charge in [-0.1, -0.05) is 30.7 Å². The van der Waals surface area contributed by atoms with Crippen LogP contribution in [0.4, 0.5) is 5.69 Å². The molecule has 0 aliphatic carbocycles. The zero-order valence-corrected chi connectivity index (χ0v) is 14.2. The van der Waals surface area contributed by atoms with Crippen molar-refractivity contribution in [2.24, 2.45) is 4.99 Å². The summed E-state index contributed by atoms with van der Waals surface area (Å²) in [6.07, 6.45) is 2.64. The van der Waals surface area contributed by atoms with Crippen molar-refractivity contribution in [1.29, 1.82) is 0 Å². The second-order valence-corrected chi connectivity index (χ2v) is 5.40. The third kappa shape index (κ3) is 4.73. The molecule has 6 heteroatoms. The summed E-state index contributed by atoms with van der Waals surface area (Å²) in [6, 6.07) is 11.3. The second-order valence-electron chi connectivity index (χ2n) is 4.99. The van der Waals surface area contributed by atoms with E-state index in [-0.39, 0.29) is 10.8 Å². The molecule has 0 saturated heterocycles. The average molecular weight is 348 g/mol. The number of ether oxygens (including phenoxy) is 2. The predicted octanol–water partition coefficient (Wildman–Crippen LogP) is 4.13. The van der Waals surface area contributed by atoms with Gasteiger partial charge < -0.3 is 14.6 Å². The van der Waals surface area contributed by atoms with E-state index in [2.05, 4.69) is 11.9 Å². The number of carboxylic acids is 1. The molecule has 0 radical (unpaired) electrons. The van der Waals surface area contributed by atoms with Gasteiger partial charge in [0.2, 0.25) is 0 Å². The van der Waals surface area contributed by atoms with Crippen LogP contribution in [-0.2, 0) is 11.2 Å². The highest BCUT2D eigenvalue weighted by Crippen LogP contribution is 2.36. The van der Waals surface area contributed by atoms with E-state index >= 15 is 0 Å². The van der Waals surface area contributed by atoms with Crippen LogP contribution in [-0.4, -0.2) is 31.0 Å². The lowest BCUT2D eigenvalue weighted by molar-refractivity contribution is -0.139. The van der Waals surface area contributed by atoms with Crippen LogP contribution in [0.15, 0.2) is 41.4 Å². The zero-order valence-electron chi connectivity index (χ0n) is 13.5. The van der Waals surface area contributed by atoms with Crippen molar-refractivity contribution in [2.45, 2.75) is 13.3 Å². The van der Waals surface area contributed by atoms with Gasteiger partial charge in [-0.3, -0.25) is 4.99 Å². The molecule has 0 heterocycles. The maximum atomic E-state index is 10.6. The van der Waals surface area contributed by atoms with Crippen LogP contribution in [0.2, 0.25) is 5.02 Å². The number of aliphatic carboxylic acids is 1. The minimum atomic E-state index is -1.09. The third-order valence-electron chi connectivity index (χ3n) is 3.30. The number of hydrogen-bond donors (Lipinski definition) is 1. The Hall–Kier alpha value is -2.53. The Balaban J connectivity index is 2.22. The zero-order chi connectivity index (χ0) is 17.5. The quantitative estimate of drug-likeness (QED) is 0.765. The van der Waals surface area contributed by atoms with Gasteiger partial charge in [0.1, 0.15) is 0 Å². The van der Waals surface area contributed by atoms with Gasteiger partial charge in [-0.2, -0.15) is 0 Å². The lowest BCUT2D eigenvalue weighted by Gasteiger charge is -2.11. The summed E-state index contributed by atoms with van der Waals surface area (Å²) in [7, 11) is 1.46. The Labute approximate surface area is 145 Å². The summed E-state index contributed by atoms with van der Waals surface area (Å²) in [5, 5.41) is 8.96. The summed E-state index contributed by atoms with van der Waals surface area (Å²) in [5.74, 6) is -0.535. The van der Waals surface area contributed by atoms with E-state index in [0.717, 1.165) is 17.7 Å². The fraction of sp³-hybridized carbons (Fsp3) is 0.222. The topological polar surface area (TPSA) is 68.1 Å². The summed E-state index contributed by atoms with van der Waals surface area (Å²) in [5.41, 5.74) is 2.80. The van der Waals surface area contributed by atoms with Gasteiger partial charge in [0.05, 0.1) is 17.8 Å². The Kier molecular flexibility index (Phi) is 6.21. The van der Waals surface area contributed by atoms with Crippen LogP contribution in [0.5, 0.6) is 11.5 Å². The summed E-state index contributed by atoms with van der Waals surface area (Å²) >= 11 is 6.16. The Bertz CT molecular complexity index is 741. The molecule has 2 rings (SSSR count). The van der Waals surface area contributed by atoms with Crippen molar-refractivity contribution < 1.29 is 19.4 Å². The van der Waals surface area contributed by atoms with Gasteiger partial charge in [-0.15, -0.1) is 0 Å². The molecule has 24 heavy (non-hydrogen) atoms. The van der Waals surface area contributed by atoms with Gasteiger partial charge >= 0.3 is 5.97 Å². The Morgan fingerprint density at radius 2 is 2.00 bits per heavy atom. The first-order valence-corrected chi connectivity index (χ1v) is 7.76. The minimum Gasteiger partial charge on any atom is -0.493 e. The van der Waals surface area contributed by atoms with Crippen molar-refractivity contribution in [2.75, 3.05) is 13.7 Å². The molecule has 0 fully saturated rings. The molecule has 0 aromatic heterocycles. The number of aliphatic imine (C=N–C) groups is 1. The molecular weight excluding hydrogens is 330 g/mol. The first-order valence-electron chi connectivity index (χ1n) is 7.38. The van der Waals surface area contributed by atoms with Crippen LogP contribution in [0, 0.1) is 0 Å². The number of nitrogens with zero attached hydrogens (tertiary/aromatic N) is 1. The maximum Gasteiger partial charge on any atom is 0.341 e. The molecule has 5 nitrogen and oxygen atoms in total. The van der Waals surface area contributed by atoms with Crippen molar-refractivity contribution in [1.82, 2.24) is 0 Å². The molecule has 126 valence electrons. The van der Waals surface area contributed by atoms with Crippen LogP contribution in [0.3, 0.4) is 0 Å². The molecule has 0 unspecified atom stereocenters. The first kappa shape index (κ1) is 17.8. The van der Waals surface area contributed by atoms with Gasteiger partial charge in [0.25, 0.3) is 0 Å². The monoisotopic (exact) mass is 347 g/mol. The van der Waals surface area contributed by atoms with Crippen LogP contribution in [0.25, 0.3) is 0 Å². The van der Waals surface area contributed by atoms with Crippen molar-refractivity contribution in [3.63, 3.8) is 0 Å². The standard InChI is InChI=1S/C18H18ClNO4/c1-3-12-4-6-14(7-5-12)20-10-13-8-15(19)18(16(9-13)23-2)24-11-17(21)22/h4-10H,3,11H2,1-2H3,(H,21,22). The molecule has 1 N–H and O–H groups in total. The number of hydrogen-bond acceptors (Lipinski definition) is 4. The van der Waals surface area contributed by atoms with E-state index in [4.69, 9.17) is 26.2 Å².